The molecule has 0 radical (unpaired) electrons. The van der Waals surface area contributed by atoms with Gasteiger partial charge < -0.3 is 5.32 Å². The lowest BCUT2D eigenvalue weighted by Crippen LogP contribution is -2.02. The lowest BCUT2D eigenvalue weighted by atomic mass is 10.1. The molecule has 1 heterocycles. The van der Waals surface area contributed by atoms with Crippen molar-refractivity contribution in [1.29, 1.82) is 0 Å². The van der Waals surface area contributed by atoms with Gasteiger partial charge in [-0.25, -0.2) is 4.39 Å². The highest BCUT2D eigenvalue weighted by Crippen LogP contribution is 2.20. The van der Waals surface area contributed by atoms with Gasteiger partial charge in [0, 0.05) is 11.3 Å². The third-order valence-electron chi connectivity index (χ3n) is 3.17. The number of H-pyrrole nitrogens is 1. The van der Waals surface area contributed by atoms with Crippen LogP contribution in [0.25, 0.3) is 11.3 Å². The molecule has 3 rings (SSSR count). The number of halogens is 1. The molecule has 0 aliphatic heterocycles. The molecule has 0 unspecified atom stereocenters. The van der Waals surface area contributed by atoms with Crippen LogP contribution in [0.15, 0.2) is 48.5 Å². The molecule has 0 saturated heterocycles. The number of rotatable bonds is 4. The highest BCUT2D eigenvalue weighted by Gasteiger charge is 2.09. The molecule has 0 amide bonds. The topological polar surface area (TPSA) is 53.6 Å². The first-order valence-electron chi connectivity index (χ1n) is 6.68. The van der Waals surface area contributed by atoms with Gasteiger partial charge in [0.25, 0.3) is 0 Å². The number of benzene rings is 2. The molecule has 5 heteroatoms. The van der Waals surface area contributed by atoms with Gasteiger partial charge in [-0.2, -0.15) is 15.4 Å². The van der Waals surface area contributed by atoms with Gasteiger partial charge in [0.05, 0.1) is 6.54 Å². The summed E-state index contributed by atoms with van der Waals surface area (Å²) in [5.41, 5.74) is 4.20. The van der Waals surface area contributed by atoms with Crippen molar-refractivity contribution in [3.63, 3.8) is 0 Å². The molecular weight excluding hydrogens is 267 g/mol. The third kappa shape index (κ3) is 3.08. The van der Waals surface area contributed by atoms with Gasteiger partial charge in [-0.15, -0.1) is 0 Å². The van der Waals surface area contributed by atoms with E-state index in [0.717, 1.165) is 28.2 Å². The van der Waals surface area contributed by atoms with E-state index in [-0.39, 0.29) is 5.82 Å². The lowest BCUT2D eigenvalue weighted by molar-refractivity contribution is 0.627. The number of nitrogens with zero attached hydrogens (tertiary/aromatic N) is 2. The van der Waals surface area contributed by atoms with Gasteiger partial charge in [0.15, 0.2) is 0 Å². The van der Waals surface area contributed by atoms with Crippen LogP contribution in [0.4, 0.5) is 10.1 Å². The molecule has 0 spiro atoms. The van der Waals surface area contributed by atoms with Crippen molar-refractivity contribution in [3.8, 4) is 11.3 Å². The Balaban J connectivity index is 1.79. The summed E-state index contributed by atoms with van der Waals surface area (Å²) in [6.45, 7) is 2.34. The molecule has 1 aromatic heterocycles. The average molecular weight is 282 g/mol. The summed E-state index contributed by atoms with van der Waals surface area (Å²) < 4.78 is 13.4. The standard InChI is InChI=1S/C16H15FN4/c1-11-7-13(17)9-14(8-11)18-10-15-16(20-21-19-15)12-5-3-2-4-6-12/h2-9,18H,10H2,1H3,(H,19,20,21). The maximum absolute atomic E-state index is 13.4. The van der Waals surface area contributed by atoms with Gasteiger partial charge in [-0.05, 0) is 30.7 Å². The summed E-state index contributed by atoms with van der Waals surface area (Å²) in [7, 11) is 0. The van der Waals surface area contributed by atoms with Crippen LogP contribution in [-0.4, -0.2) is 15.4 Å². The van der Waals surface area contributed by atoms with E-state index >= 15 is 0 Å². The molecule has 0 aliphatic rings. The zero-order valence-corrected chi connectivity index (χ0v) is 11.6. The van der Waals surface area contributed by atoms with Crippen LogP contribution >= 0.6 is 0 Å². The predicted molar refractivity (Wildman–Crippen MR) is 80.3 cm³/mol. The normalized spacial score (nSPS) is 10.6. The summed E-state index contributed by atoms with van der Waals surface area (Å²) >= 11 is 0. The van der Waals surface area contributed by atoms with Crippen molar-refractivity contribution < 1.29 is 4.39 Å². The molecular formula is C16H15FN4. The Bertz CT molecular complexity index is 717. The molecule has 0 fully saturated rings. The van der Waals surface area contributed by atoms with Crippen LogP contribution in [-0.2, 0) is 6.54 Å². The first-order valence-corrected chi connectivity index (χ1v) is 6.68. The van der Waals surface area contributed by atoms with Crippen LogP contribution < -0.4 is 5.32 Å². The molecule has 4 nitrogen and oxygen atoms in total. The van der Waals surface area contributed by atoms with Crippen molar-refractivity contribution in [2.24, 2.45) is 0 Å². The largest absolute Gasteiger partial charge is 0.379 e. The van der Waals surface area contributed by atoms with Crippen LogP contribution in [0.1, 0.15) is 11.3 Å². The molecule has 0 saturated carbocycles. The van der Waals surface area contributed by atoms with E-state index in [1.54, 1.807) is 0 Å². The molecule has 2 aromatic carbocycles. The number of nitrogens with one attached hydrogen (secondary N) is 2. The minimum absolute atomic E-state index is 0.249. The van der Waals surface area contributed by atoms with Gasteiger partial charge in [-0.3, -0.25) is 0 Å². The van der Waals surface area contributed by atoms with E-state index in [1.165, 1.54) is 12.1 Å². The molecule has 3 aromatic rings. The second-order valence-corrected chi connectivity index (χ2v) is 4.86. The highest BCUT2D eigenvalue weighted by molar-refractivity contribution is 5.61. The summed E-state index contributed by atoms with van der Waals surface area (Å²) in [5.74, 6) is -0.249. The van der Waals surface area contributed by atoms with Crippen molar-refractivity contribution in [2.45, 2.75) is 13.5 Å². The zero-order valence-electron chi connectivity index (χ0n) is 11.6. The second kappa shape index (κ2) is 5.75. The van der Waals surface area contributed by atoms with Gasteiger partial charge in [0.1, 0.15) is 17.2 Å². The zero-order chi connectivity index (χ0) is 14.7. The molecule has 21 heavy (non-hydrogen) atoms. The van der Waals surface area contributed by atoms with E-state index in [4.69, 9.17) is 0 Å². The van der Waals surface area contributed by atoms with Crippen molar-refractivity contribution in [3.05, 3.63) is 65.6 Å². The Hall–Kier alpha value is -2.69. The number of hydrogen-bond acceptors (Lipinski definition) is 3. The van der Waals surface area contributed by atoms with E-state index in [0.29, 0.717) is 6.54 Å². The molecule has 0 bridgehead atoms. The fourth-order valence-electron chi connectivity index (χ4n) is 2.23. The number of aromatic amines is 1. The van der Waals surface area contributed by atoms with E-state index in [2.05, 4.69) is 20.7 Å². The third-order valence-corrected chi connectivity index (χ3v) is 3.17. The molecule has 106 valence electrons. The summed E-state index contributed by atoms with van der Waals surface area (Å²) in [6.07, 6.45) is 0. The Morgan fingerprint density at radius 1 is 1.10 bits per heavy atom. The van der Waals surface area contributed by atoms with Gasteiger partial charge in [0.2, 0.25) is 0 Å². The smallest absolute Gasteiger partial charge is 0.125 e. The number of hydrogen-bond donors (Lipinski definition) is 2. The summed E-state index contributed by atoms with van der Waals surface area (Å²) in [4.78, 5) is 0. The fraction of sp³-hybridized carbons (Fsp3) is 0.125. The lowest BCUT2D eigenvalue weighted by Gasteiger charge is -2.07. The SMILES string of the molecule is Cc1cc(F)cc(NCc2n[nH]nc2-c2ccccc2)c1. The quantitative estimate of drug-likeness (QED) is 0.769. The van der Waals surface area contributed by atoms with Crippen LogP contribution in [0.5, 0.6) is 0 Å². The van der Waals surface area contributed by atoms with Crippen LogP contribution in [0.3, 0.4) is 0 Å². The van der Waals surface area contributed by atoms with Crippen molar-refractivity contribution in [2.75, 3.05) is 5.32 Å². The second-order valence-electron chi connectivity index (χ2n) is 4.86. The van der Waals surface area contributed by atoms with Gasteiger partial charge in [-0.1, -0.05) is 30.3 Å². The van der Waals surface area contributed by atoms with E-state index in [1.807, 2.05) is 43.3 Å². The summed E-state index contributed by atoms with van der Waals surface area (Å²) in [5, 5.41) is 14.2. The van der Waals surface area contributed by atoms with Gasteiger partial charge >= 0.3 is 0 Å². The Morgan fingerprint density at radius 2 is 1.90 bits per heavy atom. The number of anilines is 1. The Morgan fingerprint density at radius 3 is 2.67 bits per heavy atom. The average Bonchev–Trinajstić information content (AvgIpc) is 2.93. The first kappa shape index (κ1) is 13.3. The van der Waals surface area contributed by atoms with Crippen LogP contribution in [0.2, 0.25) is 0 Å². The predicted octanol–water partition coefficient (Wildman–Crippen LogP) is 3.53. The highest BCUT2D eigenvalue weighted by atomic mass is 19.1. The van der Waals surface area contributed by atoms with Crippen LogP contribution in [0, 0.1) is 12.7 Å². The number of aryl methyl sites for hydroxylation is 1. The molecule has 0 atom stereocenters. The molecule has 0 aliphatic carbocycles. The Labute approximate surface area is 122 Å². The maximum atomic E-state index is 13.4. The monoisotopic (exact) mass is 282 g/mol. The number of aromatic nitrogens is 3. The minimum Gasteiger partial charge on any atom is -0.379 e. The van der Waals surface area contributed by atoms with E-state index in [9.17, 15) is 4.39 Å². The van der Waals surface area contributed by atoms with Crippen molar-refractivity contribution in [1.82, 2.24) is 15.4 Å². The summed E-state index contributed by atoms with van der Waals surface area (Å²) in [6, 6.07) is 14.7. The fourth-order valence-corrected chi connectivity index (χ4v) is 2.23. The first-order chi connectivity index (χ1) is 10.2. The molecule has 2 N–H and O–H groups in total. The van der Waals surface area contributed by atoms with Crippen molar-refractivity contribution >= 4 is 5.69 Å². The minimum atomic E-state index is -0.249. The van der Waals surface area contributed by atoms with E-state index < -0.39 is 0 Å². The maximum Gasteiger partial charge on any atom is 0.125 e. The Kier molecular flexibility index (Phi) is 3.64.